The van der Waals surface area contributed by atoms with E-state index in [-0.39, 0.29) is 12.5 Å². The molecule has 0 saturated heterocycles. The number of hydrogen-bond donors (Lipinski definition) is 0. The summed E-state index contributed by atoms with van der Waals surface area (Å²) in [7, 11) is 0. The third-order valence-corrected chi connectivity index (χ3v) is 5.65. The minimum absolute atomic E-state index is 0.0246. The highest BCUT2D eigenvalue weighted by Crippen LogP contribution is 2.37. The maximum Gasteiger partial charge on any atom is 0.420 e. The number of fused-ring (bicyclic) bond motifs is 2. The van der Waals surface area contributed by atoms with Crippen molar-refractivity contribution in [3.05, 3.63) is 59.1 Å². The van der Waals surface area contributed by atoms with Crippen LogP contribution in [-0.2, 0) is 11.3 Å². The van der Waals surface area contributed by atoms with Crippen molar-refractivity contribution >= 4 is 34.5 Å². The summed E-state index contributed by atoms with van der Waals surface area (Å²) in [6.45, 7) is 2.79. The van der Waals surface area contributed by atoms with Gasteiger partial charge in [0.2, 0.25) is 5.91 Å². The number of carbonyl (C=O) groups excluding carboxylic acids is 1. The molecule has 4 rings (SSSR count). The number of benzene rings is 2. The first-order chi connectivity index (χ1) is 12.1. The van der Waals surface area contributed by atoms with Crippen LogP contribution in [0.5, 0.6) is 0 Å². The van der Waals surface area contributed by atoms with E-state index in [1.54, 1.807) is 34.9 Å². The standard InChI is InChI=1S/C19H18N2O3S/c1-13-10-11-20(15-7-3-5-9-17(15)25-13)18(22)12-21-14-6-2-4-8-16(14)24-19(21)23/h2-9,13H,10-12H2,1H3/t13-/m0/s1. The zero-order valence-electron chi connectivity index (χ0n) is 13.8. The number of amides is 1. The molecule has 25 heavy (non-hydrogen) atoms. The molecule has 0 spiro atoms. The second-order valence-corrected chi connectivity index (χ2v) is 7.63. The molecule has 0 fully saturated rings. The highest BCUT2D eigenvalue weighted by Gasteiger charge is 2.25. The Kier molecular flexibility index (Phi) is 4.13. The lowest BCUT2D eigenvalue weighted by Crippen LogP contribution is -2.36. The first kappa shape index (κ1) is 16.0. The predicted molar refractivity (Wildman–Crippen MR) is 99.2 cm³/mol. The van der Waals surface area contributed by atoms with Crippen LogP contribution >= 0.6 is 11.8 Å². The Morgan fingerprint density at radius 2 is 1.96 bits per heavy atom. The molecule has 2 heterocycles. The summed E-state index contributed by atoms with van der Waals surface area (Å²) in [6.07, 6.45) is 0.909. The zero-order chi connectivity index (χ0) is 17.4. The molecule has 1 aliphatic heterocycles. The van der Waals surface area contributed by atoms with Crippen LogP contribution in [0.2, 0.25) is 0 Å². The summed E-state index contributed by atoms with van der Waals surface area (Å²) in [5.74, 6) is -0.601. The number of nitrogens with zero attached hydrogens (tertiary/aromatic N) is 2. The summed E-state index contributed by atoms with van der Waals surface area (Å²) in [5.41, 5.74) is 2.06. The number of anilines is 1. The molecule has 1 atom stereocenters. The molecule has 2 aromatic carbocycles. The molecule has 0 radical (unpaired) electrons. The molecule has 3 aromatic rings. The van der Waals surface area contributed by atoms with E-state index in [1.165, 1.54) is 4.57 Å². The Labute approximate surface area is 149 Å². The van der Waals surface area contributed by atoms with Gasteiger partial charge in [0.05, 0.1) is 11.2 Å². The molecule has 5 nitrogen and oxygen atoms in total. The number of carbonyl (C=O) groups is 1. The lowest BCUT2D eigenvalue weighted by Gasteiger charge is -2.22. The molecule has 1 amide bonds. The van der Waals surface area contributed by atoms with Crippen LogP contribution in [0, 0.1) is 0 Å². The maximum atomic E-state index is 13.0. The van der Waals surface area contributed by atoms with Gasteiger partial charge in [0, 0.05) is 16.7 Å². The molecule has 0 saturated carbocycles. The smallest absolute Gasteiger partial charge is 0.408 e. The number of aromatic nitrogens is 1. The molecular formula is C19H18N2O3S. The molecule has 128 valence electrons. The van der Waals surface area contributed by atoms with Gasteiger partial charge in [0.25, 0.3) is 0 Å². The molecule has 1 aromatic heterocycles. The first-order valence-corrected chi connectivity index (χ1v) is 9.16. The van der Waals surface area contributed by atoms with E-state index in [0.717, 1.165) is 17.0 Å². The van der Waals surface area contributed by atoms with Crippen LogP contribution < -0.4 is 10.7 Å². The predicted octanol–water partition coefficient (Wildman–Crippen LogP) is 3.51. The van der Waals surface area contributed by atoms with Crippen LogP contribution in [-0.4, -0.2) is 22.3 Å². The highest BCUT2D eigenvalue weighted by atomic mass is 32.2. The lowest BCUT2D eigenvalue weighted by atomic mass is 10.2. The maximum absolute atomic E-state index is 13.0. The monoisotopic (exact) mass is 354 g/mol. The van der Waals surface area contributed by atoms with E-state index in [0.29, 0.717) is 22.9 Å². The second kappa shape index (κ2) is 6.44. The molecule has 0 unspecified atom stereocenters. The van der Waals surface area contributed by atoms with Crippen molar-refractivity contribution in [1.29, 1.82) is 0 Å². The molecule has 1 aliphatic rings. The van der Waals surface area contributed by atoms with Crippen molar-refractivity contribution in [3.63, 3.8) is 0 Å². The Morgan fingerprint density at radius 3 is 2.84 bits per heavy atom. The van der Waals surface area contributed by atoms with Crippen molar-refractivity contribution < 1.29 is 9.21 Å². The summed E-state index contributed by atoms with van der Waals surface area (Å²) in [4.78, 5) is 28.0. The first-order valence-electron chi connectivity index (χ1n) is 8.28. The van der Waals surface area contributed by atoms with Gasteiger partial charge in [-0.25, -0.2) is 4.79 Å². The van der Waals surface area contributed by atoms with Gasteiger partial charge in [-0.1, -0.05) is 31.2 Å². The number of thioether (sulfide) groups is 1. The Bertz CT molecular complexity index is 991. The van der Waals surface area contributed by atoms with E-state index in [9.17, 15) is 9.59 Å². The van der Waals surface area contributed by atoms with Crippen molar-refractivity contribution in [2.45, 2.75) is 30.0 Å². The topological polar surface area (TPSA) is 55.5 Å². The Morgan fingerprint density at radius 1 is 1.20 bits per heavy atom. The van der Waals surface area contributed by atoms with Gasteiger partial charge in [-0.2, -0.15) is 0 Å². The van der Waals surface area contributed by atoms with Gasteiger partial charge in [-0.05, 0) is 30.7 Å². The van der Waals surface area contributed by atoms with Crippen molar-refractivity contribution in [2.24, 2.45) is 0 Å². The molecule has 0 bridgehead atoms. The van der Waals surface area contributed by atoms with E-state index < -0.39 is 5.76 Å². The highest BCUT2D eigenvalue weighted by molar-refractivity contribution is 8.00. The minimum Gasteiger partial charge on any atom is -0.408 e. The Balaban J connectivity index is 1.69. The fourth-order valence-corrected chi connectivity index (χ4v) is 4.24. The third kappa shape index (κ3) is 2.98. The summed E-state index contributed by atoms with van der Waals surface area (Å²) in [6, 6.07) is 15.1. The number of hydrogen-bond acceptors (Lipinski definition) is 4. The lowest BCUT2D eigenvalue weighted by molar-refractivity contribution is -0.119. The fraction of sp³-hybridized carbons (Fsp3) is 0.263. The summed E-state index contributed by atoms with van der Waals surface area (Å²) in [5, 5.41) is 0.441. The van der Waals surface area contributed by atoms with Crippen LogP contribution in [0.3, 0.4) is 0 Å². The quantitative estimate of drug-likeness (QED) is 0.707. The van der Waals surface area contributed by atoms with E-state index in [2.05, 4.69) is 6.92 Å². The van der Waals surface area contributed by atoms with Gasteiger partial charge in [0.1, 0.15) is 6.54 Å². The molecule has 0 N–H and O–H groups in total. The molecule has 0 aliphatic carbocycles. The van der Waals surface area contributed by atoms with Crippen molar-refractivity contribution in [1.82, 2.24) is 4.57 Å². The van der Waals surface area contributed by atoms with Gasteiger partial charge in [-0.3, -0.25) is 9.36 Å². The molecular weight excluding hydrogens is 336 g/mol. The van der Waals surface area contributed by atoms with E-state index in [1.807, 2.05) is 30.3 Å². The molecule has 6 heteroatoms. The van der Waals surface area contributed by atoms with Crippen molar-refractivity contribution in [2.75, 3.05) is 11.4 Å². The summed E-state index contributed by atoms with van der Waals surface area (Å²) >= 11 is 1.79. The normalized spacial score (nSPS) is 17.3. The van der Waals surface area contributed by atoms with Gasteiger partial charge in [0.15, 0.2) is 5.58 Å². The number of para-hydroxylation sites is 3. The Hall–Kier alpha value is -2.47. The second-order valence-electron chi connectivity index (χ2n) is 6.15. The van der Waals surface area contributed by atoms with Crippen molar-refractivity contribution in [3.8, 4) is 0 Å². The van der Waals surface area contributed by atoms with Crippen LogP contribution in [0.1, 0.15) is 13.3 Å². The van der Waals surface area contributed by atoms with Gasteiger partial charge < -0.3 is 9.32 Å². The van der Waals surface area contributed by atoms with E-state index in [4.69, 9.17) is 4.42 Å². The van der Waals surface area contributed by atoms with Gasteiger partial charge >= 0.3 is 5.76 Å². The van der Waals surface area contributed by atoms with E-state index >= 15 is 0 Å². The largest absolute Gasteiger partial charge is 0.420 e. The minimum atomic E-state index is -0.500. The van der Waals surface area contributed by atoms with Crippen LogP contribution in [0.15, 0.2) is 62.6 Å². The fourth-order valence-electron chi connectivity index (χ4n) is 3.13. The number of oxazole rings is 1. The average Bonchev–Trinajstić information content (AvgIpc) is 2.81. The zero-order valence-corrected chi connectivity index (χ0v) is 14.7. The summed E-state index contributed by atoms with van der Waals surface area (Å²) < 4.78 is 6.64. The average molecular weight is 354 g/mol. The number of rotatable bonds is 2. The SMILES string of the molecule is C[C@H]1CCN(C(=O)Cn2c(=O)oc3ccccc32)c2ccccc2S1. The van der Waals surface area contributed by atoms with Crippen LogP contribution in [0.25, 0.3) is 11.1 Å². The van der Waals surface area contributed by atoms with Crippen LogP contribution in [0.4, 0.5) is 5.69 Å². The third-order valence-electron chi connectivity index (χ3n) is 4.41. The van der Waals surface area contributed by atoms with Gasteiger partial charge in [-0.15, -0.1) is 11.8 Å².